The Morgan fingerprint density at radius 1 is 1.21 bits per heavy atom. The van der Waals surface area contributed by atoms with Gasteiger partial charge in [-0.05, 0) is 17.9 Å². The van der Waals surface area contributed by atoms with Crippen molar-refractivity contribution in [3.8, 4) is 0 Å². The second-order valence-corrected chi connectivity index (χ2v) is 6.31. The van der Waals surface area contributed by atoms with E-state index < -0.39 is 0 Å². The first-order valence-electron chi connectivity index (χ1n) is 8.21. The number of amides is 2. The molecule has 3 N–H and O–H groups in total. The van der Waals surface area contributed by atoms with Crippen LogP contribution in [0.15, 0.2) is 30.3 Å². The molecule has 2 amide bonds. The SMILES string of the molecule is CC(=O)N(CCC(=O)NC(CN)CC(C)C)Cc1ccccc1.Cl. The minimum Gasteiger partial charge on any atom is -0.352 e. The number of nitrogens with two attached hydrogens (primary N) is 1. The standard InChI is InChI=1S/C18H29N3O2.ClH/c1-14(2)11-17(12-19)20-18(23)9-10-21(15(3)22)13-16-7-5-4-6-8-16;/h4-8,14,17H,9-13,19H2,1-3H3,(H,20,23);1H. The van der Waals surface area contributed by atoms with Crippen molar-refractivity contribution in [2.75, 3.05) is 13.1 Å². The zero-order valence-electron chi connectivity index (χ0n) is 14.8. The molecule has 0 aromatic heterocycles. The molecule has 0 radical (unpaired) electrons. The van der Waals surface area contributed by atoms with Crippen molar-refractivity contribution in [1.82, 2.24) is 10.2 Å². The molecule has 24 heavy (non-hydrogen) atoms. The number of carbonyl (C=O) groups excluding carboxylic acids is 2. The van der Waals surface area contributed by atoms with Crippen molar-refractivity contribution in [1.29, 1.82) is 0 Å². The van der Waals surface area contributed by atoms with Gasteiger partial charge in [-0.1, -0.05) is 44.2 Å². The summed E-state index contributed by atoms with van der Waals surface area (Å²) in [6.07, 6.45) is 1.16. The van der Waals surface area contributed by atoms with Gasteiger partial charge < -0.3 is 16.0 Å². The van der Waals surface area contributed by atoms with Crippen molar-refractivity contribution in [2.24, 2.45) is 11.7 Å². The highest BCUT2D eigenvalue weighted by Gasteiger charge is 2.15. The highest BCUT2D eigenvalue weighted by atomic mass is 35.5. The fourth-order valence-electron chi connectivity index (χ4n) is 2.47. The molecular formula is C18H30ClN3O2. The van der Waals surface area contributed by atoms with Crippen LogP contribution in [0.2, 0.25) is 0 Å². The van der Waals surface area contributed by atoms with Gasteiger partial charge in [0, 0.05) is 39.0 Å². The first-order chi connectivity index (χ1) is 10.9. The Hall–Kier alpha value is -1.59. The van der Waals surface area contributed by atoms with Crippen molar-refractivity contribution in [3.05, 3.63) is 35.9 Å². The minimum absolute atomic E-state index is 0. The molecule has 136 valence electrons. The third-order valence-corrected chi connectivity index (χ3v) is 3.68. The number of nitrogens with zero attached hydrogens (tertiary/aromatic N) is 1. The van der Waals surface area contributed by atoms with E-state index in [4.69, 9.17) is 5.73 Å². The Kier molecular flexibility index (Phi) is 11.1. The average molecular weight is 356 g/mol. The topological polar surface area (TPSA) is 75.4 Å². The van der Waals surface area contributed by atoms with E-state index in [0.29, 0.717) is 32.0 Å². The largest absolute Gasteiger partial charge is 0.352 e. The lowest BCUT2D eigenvalue weighted by molar-refractivity contribution is -0.130. The van der Waals surface area contributed by atoms with E-state index in [-0.39, 0.29) is 30.3 Å². The van der Waals surface area contributed by atoms with Crippen LogP contribution in [0.5, 0.6) is 0 Å². The fraction of sp³-hybridized carbons (Fsp3) is 0.556. The van der Waals surface area contributed by atoms with Crippen molar-refractivity contribution < 1.29 is 9.59 Å². The van der Waals surface area contributed by atoms with Crippen LogP contribution in [0.3, 0.4) is 0 Å². The molecule has 1 atom stereocenters. The van der Waals surface area contributed by atoms with E-state index in [1.165, 1.54) is 6.92 Å². The van der Waals surface area contributed by atoms with Crippen LogP contribution < -0.4 is 11.1 Å². The van der Waals surface area contributed by atoms with Gasteiger partial charge in [-0.2, -0.15) is 0 Å². The Bertz CT molecular complexity index is 494. The van der Waals surface area contributed by atoms with Gasteiger partial charge in [0.05, 0.1) is 0 Å². The Morgan fingerprint density at radius 3 is 2.33 bits per heavy atom. The number of benzene rings is 1. The highest BCUT2D eigenvalue weighted by molar-refractivity contribution is 5.85. The van der Waals surface area contributed by atoms with Gasteiger partial charge in [-0.3, -0.25) is 9.59 Å². The van der Waals surface area contributed by atoms with Crippen molar-refractivity contribution in [2.45, 2.75) is 46.2 Å². The zero-order valence-corrected chi connectivity index (χ0v) is 15.6. The molecule has 0 saturated heterocycles. The number of nitrogens with one attached hydrogen (secondary N) is 1. The van der Waals surface area contributed by atoms with Crippen LogP contribution in [0, 0.1) is 5.92 Å². The summed E-state index contributed by atoms with van der Waals surface area (Å²) in [6, 6.07) is 9.78. The number of rotatable bonds is 9. The van der Waals surface area contributed by atoms with Crippen LogP contribution in [0.25, 0.3) is 0 Å². The van der Waals surface area contributed by atoms with Crippen LogP contribution in [-0.2, 0) is 16.1 Å². The van der Waals surface area contributed by atoms with Gasteiger partial charge in [-0.15, -0.1) is 12.4 Å². The normalized spacial score (nSPS) is 11.5. The predicted molar refractivity (Wildman–Crippen MR) is 99.8 cm³/mol. The van der Waals surface area contributed by atoms with Gasteiger partial charge in [0.25, 0.3) is 0 Å². The second kappa shape index (κ2) is 11.9. The third kappa shape index (κ3) is 8.89. The lowest BCUT2D eigenvalue weighted by Crippen LogP contribution is -2.42. The van der Waals surface area contributed by atoms with Gasteiger partial charge in [0.2, 0.25) is 11.8 Å². The number of carbonyl (C=O) groups is 2. The summed E-state index contributed by atoms with van der Waals surface area (Å²) in [5.41, 5.74) is 6.75. The molecule has 1 unspecified atom stereocenters. The number of hydrogen-bond donors (Lipinski definition) is 2. The molecule has 0 spiro atoms. The van der Waals surface area contributed by atoms with E-state index in [1.54, 1.807) is 4.90 Å². The molecule has 0 bridgehead atoms. The van der Waals surface area contributed by atoms with E-state index in [9.17, 15) is 9.59 Å². The third-order valence-electron chi connectivity index (χ3n) is 3.68. The van der Waals surface area contributed by atoms with E-state index >= 15 is 0 Å². The van der Waals surface area contributed by atoms with E-state index in [1.807, 2.05) is 30.3 Å². The molecule has 1 aromatic carbocycles. The molecular weight excluding hydrogens is 326 g/mol. The summed E-state index contributed by atoms with van der Waals surface area (Å²) in [6.45, 7) is 7.11. The smallest absolute Gasteiger partial charge is 0.222 e. The molecule has 0 aliphatic heterocycles. The second-order valence-electron chi connectivity index (χ2n) is 6.31. The van der Waals surface area contributed by atoms with Crippen LogP contribution >= 0.6 is 12.4 Å². The average Bonchev–Trinajstić information content (AvgIpc) is 2.51. The molecule has 0 aliphatic rings. The molecule has 1 rings (SSSR count). The van der Waals surface area contributed by atoms with Crippen LogP contribution in [0.1, 0.15) is 39.2 Å². The number of halogens is 1. The predicted octanol–water partition coefficient (Wildman–Crippen LogP) is 2.34. The first kappa shape index (κ1) is 22.4. The Labute approximate surface area is 151 Å². The van der Waals surface area contributed by atoms with Gasteiger partial charge >= 0.3 is 0 Å². The molecule has 0 heterocycles. The maximum absolute atomic E-state index is 12.1. The van der Waals surface area contributed by atoms with E-state index in [0.717, 1.165) is 12.0 Å². The summed E-state index contributed by atoms with van der Waals surface area (Å²) in [5, 5.41) is 2.95. The maximum Gasteiger partial charge on any atom is 0.222 e. The summed E-state index contributed by atoms with van der Waals surface area (Å²) >= 11 is 0. The summed E-state index contributed by atoms with van der Waals surface area (Å²) < 4.78 is 0. The molecule has 0 saturated carbocycles. The molecule has 6 heteroatoms. The Morgan fingerprint density at radius 2 is 1.83 bits per heavy atom. The molecule has 1 aromatic rings. The number of hydrogen-bond acceptors (Lipinski definition) is 3. The summed E-state index contributed by atoms with van der Waals surface area (Å²) in [4.78, 5) is 25.5. The Balaban J connectivity index is 0.00000529. The van der Waals surface area contributed by atoms with Crippen molar-refractivity contribution in [3.63, 3.8) is 0 Å². The van der Waals surface area contributed by atoms with Crippen molar-refractivity contribution >= 4 is 24.2 Å². The summed E-state index contributed by atoms with van der Waals surface area (Å²) in [5.74, 6) is 0.398. The lowest BCUT2D eigenvalue weighted by Gasteiger charge is -2.23. The van der Waals surface area contributed by atoms with Crippen LogP contribution in [-0.4, -0.2) is 35.8 Å². The summed E-state index contributed by atoms with van der Waals surface area (Å²) in [7, 11) is 0. The highest BCUT2D eigenvalue weighted by Crippen LogP contribution is 2.07. The monoisotopic (exact) mass is 355 g/mol. The molecule has 5 nitrogen and oxygen atoms in total. The lowest BCUT2D eigenvalue weighted by atomic mass is 10.0. The maximum atomic E-state index is 12.1. The fourth-order valence-corrected chi connectivity index (χ4v) is 2.47. The van der Waals surface area contributed by atoms with Gasteiger partial charge in [0.1, 0.15) is 0 Å². The molecule has 0 aliphatic carbocycles. The van der Waals surface area contributed by atoms with Gasteiger partial charge in [-0.25, -0.2) is 0 Å². The first-order valence-corrected chi connectivity index (χ1v) is 8.21. The van der Waals surface area contributed by atoms with E-state index in [2.05, 4.69) is 19.2 Å². The zero-order chi connectivity index (χ0) is 17.2. The van der Waals surface area contributed by atoms with Gasteiger partial charge in [0.15, 0.2) is 0 Å². The molecule has 0 fully saturated rings. The van der Waals surface area contributed by atoms with Crippen LogP contribution in [0.4, 0.5) is 0 Å². The quantitative estimate of drug-likeness (QED) is 0.713. The minimum atomic E-state index is -0.0552.